The maximum atomic E-state index is 12.8. The molecule has 0 amide bonds. The number of hydrogen-bond acceptors (Lipinski definition) is 2. The third-order valence-electron chi connectivity index (χ3n) is 2.95. The van der Waals surface area contributed by atoms with Gasteiger partial charge in [0.25, 0.3) is 0 Å². The van der Waals surface area contributed by atoms with Gasteiger partial charge in [0.1, 0.15) is 5.82 Å². The van der Waals surface area contributed by atoms with Crippen LogP contribution in [0.4, 0.5) is 10.1 Å². The molecule has 1 fully saturated rings. The maximum Gasteiger partial charge on any atom is 0.123 e. The molecule has 0 bridgehead atoms. The van der Waals surface area contributed by atoms with Crippen LogP contribution in [0, 0.1) is 11.2 Å². The second kappa shape index (κ2) is 4.51. The van der Waals surface area contributed by atoms with Gasteiger partial charge in [-0.3, -0.25) is 5.41 Å². The first-order valence-electron chi connectivity index (χ1n) is 5.47. The Bertz CT molecular complexity index is 366. The third-order valence-corrected chi connectivity index (χ3v) is 2.95. The number of hydrogen-bond donors (Lipinski definition) is 1. The number of nitrogens with zero attached hydrogens (tertiary/aromatic N) is 2. The Balaban J connectivity index is 1.99. The molecule has 1 aliphatic heterocycles. The minimum absolute atomic E-state index is 0.197. The maximum absolute atomic E-state index is 12.8. The predicted octanol–water partition coefficient (Wildman–Crippen LogP) is 1.94. The van der Waals surface area contributed by atoms with E-state index in [1.807, 2.05) is 19.1 Å². The lowest BCUT2D eigenvalue weighted by Gasteiger charge is -2.36. The molecule has 0 saturated carbocycles. The van der Waals surface area contributed by atoms with Gasteiger partial charge in [-0.1, -0.05) is 0 Å². The molecule has 0 radical (unpaired) electrons. The van der Waals surface area contributed by atoms with E-state index in [0.717, 1.165) is 31.9 Å². The van der Waals surface area contributed by atoms with Crippen molar-refractivity contribution >= 4 is 11.5 Å². The first kappa shape index (κ1) is 10.9. The fourth-order valence-corrected chi connectivity index (χ4v) is 1.95. The van der Waals surface area contributed by atoms with Gasteiger partial charge in [-0.05, 0) is 31.2 Å². The van der Waals surface area contributed by atoms with Crippen LogP contribution >= 0.6 is 0 Å². The van der Waals surface area contributed by atoms with E-state index < -0.39 is 0 Å². The molecule has 3 nitrogen and oxygen atoms in total. The molecule has 1 N–H and O–H groups in total. The lowest BCUT2D eigenvalue weighted by molar-refractivity contribution is 0.382. The molecular formula is C12H16FN3. The Morgan fingerprint density at radius 2 is 1.69 bits per heavy atom. The second-order valence-corrected chi connectivity index (χ2v) is 4.04. The van der Waals surface area contributed by atoms with Crippen molar-refractivity contribution in [3.63, 3.8) is 0 Å². The average Bonchev–Trinajstić information content (AvgIpc) is 2.30. The highest BCUT2D eigenvalue weighted by atomic mass is 19.1. The summed E-state index contributed by atoms with van der Waals surface area (Å²) < 4.78 is 12.8. The second-order valence-electron chi connectivity index (χ2n) is 4.04. The van der Waals surface area contributed by atoms with E-state index >= 15 is 0 Å². The molecule has 0 aliphatic carbocycles. The number of amidine groups is 1. The molecule has 0 atom stereocenters. The molecule has 0 spiro atoms. The molecule has 86 valence electrons. The SMILES string of the molecule is CC(=N)N1CCN(c2ccc(F)cc2)CC1. The van der Waals surface area contributed by atoms with E-state index in [0.29, 0.717) is 5.84 Å². The number of nitrogens with one attached hydrogen (secondary N) is 1. The first-order chi connectivity index (χ1) is 7.66. The van der Waals surface area contributed by atoms with Gasteiger partial charge in [-0.15, -0.1) is 0 Å². The summed E-state index contributed by atoms with van der Waals surface area (Å²) in [5.74, 6) is 0.427. The zero-order chi connectivity index (χ0) is 11.5. The Morgan fingerprint density at radius 1 is 1.12 bits per heavy atom. The van der Waals surface area contributed by atoms with Crippen LogP contribution in [0.3, 0.4) is 0 Å². The zero-order valence-electron chi connectivity index (χ0n) is 9.41. The van der Waals surface area contributed by atoms with Crippen LogP contribution in [0.5, 0.6) is 0 Å². The molecule has 1 heterocycles. The van der Waals surface area contributed by atoms with Crippen LogP contribution in [0.2, 0.25) is 0 Å². The van der Waals surface area contributed by atoms with Gasteiger partial charge in [-0.2, -0.15) is 0 Å². The van der Waals surface area contributed by atoms with E-state index in [4.69, 9.17) is 5.41 Å². The van der Waals surface area contributed by atoms with Crippen molar-refractivity contribution in [3.05, 3.63) is 30.1 Å². The lowest BCUT2D eigenvalue weighted by atomic mass is 10.2. The summed E-state index contributed by atoms with van der Waals surface area (Å²) in [6.07, 6.45) is 0. The smallest absolute Gasteiger partial charge is 0.123 e. The highest BCUT2D eigenvalue weighted by Gasteiger charge is 2.16. The molecule has 0 unspecified atom stereocenters. The van der Waals surface area contributed by atoms with Gasteiger partial charge in [0.2, 0.25) is 0 Å². The normalized spacial score (nSPS) is 16.4. The summed E-state index contributed by atoms with van der Waals surface area (Å²) in [6.45, 7) is 5.33. The van der Waals surface area contributed by atoms with E-state index in [2.05, 4.69) is 9.80 Å². The molecule has 0 aromatic heterocycles. The third kappa shape index (κ3) is 2.32. The minimum Gasteiger partial charge on any atom is -0.368 e. The van der Waals surface area contributed by atoms with Crippen molar-refractivity contribution in [2.24, 2.45) is 0 Å². The van der Waals surface area contributed by atoms with Crippen molar-refractivity contribution in [3.8, 4) is 0 Å². The Hall–Kier alpha value is -1.58. The van der Waals surface area contributed by atoms with Crippen LogP contribution in [-0.4, -0.2) is 36.9 Å². The van der Waals surface area contributed by atoms with Gasteiger partial charge >= 0.3 is 0 Å². The molecule has 2 rings (SSSR count). The van der Waals surface area contributed by atoms with Gasteiger partial charge in [0, 0.05) is 31.9 Å². The molecule has 1 aromatic carbocycles. The monoisotopic (exact) mass is 221 g/mol. The molecule has 4 heteroatoms. The average molecular weight is 221 g/mol. The molecule has 1 aromatic rings. The van der Waals surface area contributed by atoms with Crippen LogP contribution in [-0.2, 0) is 0 Å². The summed E-state index contributed by atoms with van der Waals surface area (Å²) in [5.41, 5.74) is 1.06. The quantitative estimate of drug-likeness (QED) is 0.580. The lowest BCUT2D eigenvalue weighted by Crippen LogP contribution is -2.47. The Morgan fingerprint density at radius 3 is 2.19 bits per heavy atom. The number of benzene rings is 1. The fourth-order valence-electron chi connectivity index (χ4n) is 1.95. The predicted molar refractivity (Wildman–Crippen MR) is 63.6 cm³/mol. The summed E-state index contributed by atoms with van der Waals surface area (Å²) in [5, 5.41) is 7.55. The van der Waals surface area contributed by atoms with E-state index in [-0.39, 0.29) is 5.82 Å². The number of piperazine rings is 1. The van der Waals surface area contributed by atoms with Gasteiger partial charge < -0.3 is 9.80 Å². The summed E-state index contributed by atoms with van der Waals surface area (Å²) >= 11 is 0. The van der Waals surface area contributed by atoms with Crippen LogP contribution in [0.15, 0.2) is 24.3 Å². The summed E-state index contributed by atoms with van der Waals surface area (Å²) in [7, 11) is 0. The number of rotatable bonds is 1. The molecule has 16 heavy (non-hydrogen) atoms. The van der Waals surface area contributed by atoms with E-state index in [9.17, 15) is 4.39 Å². The van der Waals surface area contributed by atoms with Crippen LogP contribution < -0.4 is 4.90 Å². The topological polar surface area (TPSA) is 30.3 Å². The highest BCUT2D eigenvalue weighted by Crippen LogP contribution is 2.16. The zero-order valence-corrected chi connectivity index (χ0v) is 9.41. The first-order valence-corrected chi connectivity index (χ1v) is 5.47. The highest BCUT2D eigenvalue weighted by molar-refractivity contribution is 5.76. The Labute approximate surface area is 95.0 Å². The van der Waals surface area contributed by atoms with Gasteiger partial charge in [0.15, 0.2) is 0 Å². The van der Waals surface area contributed by atoms with E-state index in [1.165, 1.54) is 12.1 Å². The fraction of sp³-hybridized carbons (Fsp3) is 0.417. The van der Waals surface area contributed by atoms with Crippen molar-refractivity contribution in [2.45, 2.75) is 6.92 Å². The number of halogens is 1. The number of anilines is 1. The van der Waals surface area contributed by atoms with Crippen molar-refractivity contribution in [1.82, 2.24) is 4.90 Å². The van der Waals surface area contributed by atoms with Crippen LogP contribution in [0.1, 0.15) is 6.92 Å². The molecule has 1 saturated heterocycles. The van der Waals surface area contributed by atoms with Crippen molar-refractivity contribution in [1.29, 1.82) is 5.41 Å². The summed E-state index contributed by atoms with van der Waals surface area (Å²) in [4.78, 5) is 4.28. The summed E-state index contributed by atoms with van der Waals surface area (Å²) in [6, 6.07) is 6.59. The Kier molecular flexibility index (Phi) is 3.08. The minimum atomic E-state index is -0.197. The van der Waals surface area contributed by atoms with Crippen LogP contribution in [0.25, 0.3) is 0 Å². The van der Waals surface area contributed by atoms with Crippen molar-refractivity contribution < 1.29 is 4.39 Å². The van der Waals surface area contributed by atoms with E-state index in [1.54, 1.807) is 0 Å². The molecular weight excluding hydrogens is 205 g/mol. The largest absolute Gasteiger partial charge is 0.368 e. The standard InChI is InChI=1S/C12H16FN3/c1-10(14)15-6-8-16(9-7-15)12-4-2-11(13)3-5-12/h2-5,14H,6-9H2,1H3. The van der Waals surface area contributed by atoms with Gasteiger partial charge in [0.05, 0.1) is 5.84 Å². The van der Waals surface area contributed by atoms with Gasteiger partial charge in [-0.25, -0.2) is 4.39 Å². The van der Waals surface area contributed by atoms with Crippen molar-refractivity contribution in [2.75, 3.05) is 31.1 Å². The molecule has 1 aliphatic rings.